The zero-order chi connectivity index (χ0) is 16.2. The minimum atomic E-state index is -0.259. The number of nitro benzene ring substituents is 1. The summed E-state index contributed by atoms with van der Waals surface area (Å²) >= 11 is 0. The smallest absolute Gasteiger partial charge is 0.292 e. The molecule has 0 N–H and O–H groups in total. The lowest BCUT2D eigenvalue weighted by Crippen LogP contribution is -2.43. The van der Waals surface area contributed by atoms with E-state index in [-0.39, 0.29) is 10.6 Å². The molecule has 1 atom stereocenters. The van der Waals surface area contributed by atoms with Crippen molar-refractivity contribution in [3.63, 3.8) is 0 Å². The van der Waals surface area contributed by atoms with Crippen LogP contribution in [0.5, 0.6) is 0 Å². The van der Waals surface area contributed by atoms with Gasteiger partial charge in [0.05, 0.1) is 4.92 Å². The molecule has 2 heterocycles. The third-order valence-corrected chi connectivity index (χ3v) is 5.33. The van der Waals surface area contributed by atoms with E-state index in [4.69, 9.17) is 0 Å². The third-order valence-electron chi connectivity index (χ3n) is 5.33. The second kappa shape index (κ2) is 7.30. The fraction of sp³-hybridized carbons (Fsp3) is 0.667. The lowest BCUT2D eigenvalue weighted by molar-refractivity contribution is -0.384. The van der Waals surface area contributed by atoms with Crippen LogP contribution in [0, 0.1) is 22.0 Å². The summed E-state index contributed by atoms with van der Waals surface area (Å²) in [4.78, 5) is 15.8. The van der Waals surface area contributed by atoms with E-state index in [2.05, 4.69) is 16.7 Å². The van der Waals surface area contributed by atoms with Crippen molar-refractivity contribution in [1.29, 1.82) is 0 Å². The first kappa shape index (κ1) is 16.2. The highest BCUT2D eigenvalue weighted by Gasteiger charge is 2.27. The summed E-state index contributed by atoms with van der Waals surface area (Å²) in [5, 5.41) is 11.3. The molecule has 0 saturated carbocycles. The van der Waals surface area contributed by atoms with E-state index < -0.39 is 0 Å². The quantitative estimate of drug-likeness (QED) is 0.629. The van der Waals surface area contributed by atoms with Gasteiger partial charge in [0, 0.05) is 25.7 Å². The molecule has 1 unspecified atom stereocenters. The number of nitro groups is 1. The fourth-order valence-corrected chi connectivity index (χ4v) is 3.93. The Hall–Kier alpha value is -1.62. The predicted molar refractivity (Wildman–Crippen MR) is 92.9 cm³/mol. The number of para-hydroxylation sites is 2. The zero-order valence-electron chi connectivity index (χ0n) is 14.0. The van der Waals surface area contributed by atoms with Crippen LogP contribution < -0.4 is 4.90 Å². The SMILES string of the molecule is CC1CCN(CC2CCCN(c3ccccc3[N+](=O)[O-])C2)CC1. The second-order valence-electron chi connectivity index (χ2n) is 7.18. The van der Waals surface area contributed by atoms with Crippen LogP contribution in [-0.4, -0.2) is 42.5 Å². The molecule has 126 valence electrons. The van der Waals surface area contributed by atoms with Crippen molar-refractivity contribution >= 4 is 11.4 Å². The van der Waals surface area contributed by atoms with Crippen molar-refractivity contribution in [1.82, 2.24) is 4.90 Å². The van der Waals surface area contributed by atoms with Crippen molar-refractivity contribution in [3.8, 4) is 0 Å². The Labute approximate surface area is 138 Å². The Morgan fingerprint density at radius 2 is 1.91 bits per heavy atom. The highest BCUT2D eigenvalue weighted by atomic mass is 16.6. The van der Waals surface area contributed by atoms with Crippen LogP contribution >= 0.6 is 0 Å². The van der Waals surface area contributed by atoms with Crippen LogP contribution in [0.4, 0.5) is 11.4 Å². The number of anilines is 1. The van der Waals surface area contributed by atoms with E-state index >= 15 is 0 Å². The van der Waals surface area contributed by atoms with Gasteiger partial charge in [0.2, 0.25) is 0 Å². The van der Waals surface area contributed by atoms with E-state index in [9.17, 15) is 10.1 Å². The van der Waals surface area contributed by atoms with Crippen molar-refractivity contribution in [2.45, 2.75) is 32.6 Å². The molecule has 5 nitrogen and oxygen atoms in total. The molecular weight excluding hydrogens is 290 g/mol. The molecule has 2 aliphatic heterocycles. The second-order valence-corrected chi connectivity index (χ2v) is 7.18. The van der Waals surface area contributed by atoms with Crippen LogP contribution in [0.25, 0.3) is 0 Å². The largest absolute Gasteiger partial charge is 0.366 e. The molecule has 5 heteroatoms. The maximum atomic E-state index is 11.3. The van der Waals surface area contributed by atoms with Gasteiger partial charge < -0.3 is 9.80 Å². The minimum absolute atomic E-state index is 0.236. The number of rotatable bonds is 4. The summed E-state index contributed by atoms with van der Waals surface area (Å²) < 4.78 is 0. The number of benzene rings is 1. The molecule has 0 spiro atoms. The summed E-state index contributed by atoms with van der Waals surface area (Å²) in [5.74, 6) is 1.48. The van der Waals surface area contributed by atoms with Gasteiger partial charge in [-0.3, -0.25) is 10.1 Å². The molecule has 3 rings (SSSR count). The Morgan fingerprint density at radius 1 is 1.17 bits per heavy atom. The van der Waals surface area contributed by atoms with E-state index in [1.807, 2.05) is 12.1 Å². The van der Waals surface area contributed by atoms with Gasteiger partial charge in [0.1, 0.15) is 5.69 Å². The number of nitrogens with zero attached hydrogens (tertiary/aromatic N) is 3. The molecule has 0 radical (unpaired) electrons. The summed E-state index contributed by atoms with van der Waals surface area (Å²) in [7, 11) is 0. The monoisotopic (exact) mass is 317 g/mol. The topological polar surface area (TPSA) is 49.6 Å². The molecular formula is C18H27N3O2. The molecule has 0 bridgehead atoms. The molecule has 1 aromatic carbocycles. The van der Waals surface area contributed by atoms with Crippen LogP contribution in [0.2, 0.25) is 0 Å². The van der Waals surface area contributed by atoms with E-state index in [0.717, 1.165) is 37.7 Å². The van der Waals surface area contributed by atoms with Gasteiger partial charge in [-0.05, 0) is 56.7 Å². The first-order chi connectivity index (χ1) is 11.1. The van der Waals surface area contributed by atoms with Gasteiger partial charge in [-0.25, -0.2) is 0 Å². The van der Waals surface area contributed by atoms with Gasteiger partial charge in [-0.1, -0.05) is 19.1 Å². The van der Waals surface area contributed by atoms with Crippen LogP contribution in [-0.2, 0) is 0 Å². The highest BCUT2D eigenvalue weighted by molar-refractivity contribution is 5.63. The summed E-state index contributed by atoms with van der Waals surface area (Å²) in [6.45, 7) is 7.78. The molecule has 2 fully saturated rings. The normalized spacial score (nSPS) is 23.9. The van der Waals surface area contributed by atoms with Gasteiger partial charge in [0.15, 0.2) is 0 Å². The lowest BCUT2D eigenvalue weighted by Gasteiger charge is -2.38. The van der Waals surface area contributed by atoms with Crippen LogP contribution in [0.15, 0.2) is 24.3 Å². The Morgan fingerprint density at radius 3 is 2.65 bits per heavy atom. The molecule has 23 heavy (non-hydrogen) atoms. The van der Waals surface area contributed by atoms with Gasteiger partial charge in [0.25, 0.3) is 5.69 Å². The van der Waals surface area contributed by atoms with Crippen molar-refractivity contribution in [2.24, 2.45) is 11.8 Å². The van der Waals surface area contributed by atoms with Gasteiger partial charge in [-0.15, -0.1) is 0 Å². The Balaban J connectivity index is 1.63. The molecule has 2 saturated heterocycles. The fourth-order valence-electron chi connectivity index (χ4n) is 3.93. The maximum Gasteiger partial charge on any atom is 0.292 e. The standard InChI is InChI=1S/C18H27N3O2/c1-15-8-11-19(12-9-15)13-16-5-4-10-20(14-16)17-6-2-3-7-18(17)21(22)23/h2-3,6-7,15-16H,4-5,8-14H2,1H3. The van der Waals surface area contributed by atoms with Crippen LogP contribution in [0.1, 0.15) is 32.6 Å². The summed E-state index contributed by atoms with van der Waals surface area (Å²) in [6, 6.07) is 7.16. The molecule has 2 aliphatic rings. The number of piperidine rings is 2. The molecule has 0 aromatic heterocycles. The summed E-state index contributed by atoms with van der Waals surface area (Å²) in [5.41, 5.74) is 1.02. The predicted octanol–water partition coefficient (Wildman–Crippen LogP) is 3.54. The van der Waals surface area contributed by atoms with Crippen molar-refractivity contribution in [2.75, 3.05) is 37.6 Å². The average Bonchev–Trinajstić information content (AvgIpc) is 2.57. The van der Waals surface area contributed by atoms with E-state index in [0.29, 0.717) is 5.92 Å². The highest BCUT2D eigenvalue weighted by Crippen LogP contribution is 2.31. The summed E-state index contributed by atoms with van der Waals surface area (Å²) in [6.07, 6.45) is 4.98. The van der Waals surface area contributed by atoms with E-state index in [1.165, 1.54) is 32.4 Å². The average molecular weight is 317 g/mol. The van der Waals surface area contributed by atoms with Crippen molar-refractivity contribution in [3.05, 3.63) is 34.4 Å². The zero-order valence-corrected chi connectivity index (χ0v) is 14.0. The van der Waals surface area contributed by atoms with E-state index in [1.54, 1.807) is 12.1 Å². The van der Waals surface area contributed by atoms with Crippen molar-refractivity contribution < 1.29 is 4.92 Å². The minimum Gasteiger partial charge on any atom is -0.366 e. The van der Waals surface area contributed by atoms with Gasteiger partial charge >= 0.3 is 0 Å². The molecule has 0 amide bonds. The number of hydrogen-bond donors (Lipinski definition) is 0. The molecule has 1 aromatic rings. The first-order valence-corrected chi connectivity index (χ1v) is 8.84. The Kier molecular flexibility index (Phi) is 5.16. The number of hydrogen-bond acceptors (Lipinski definition) is 4. The third kappa shape index (κ3) is 4.02. The maximum absolute atomic E-state index is 11.3. The molecule has 0 aliphatic carbocycles. The number of likely N-dealkylation sites (tertiary alicyclic amines) is 1. The first-order valence-electron chi connectivity index (χ1n) is 8.84. The lowest BCUT2D eigenvalue weighted by atomic mass is 9.94. The van der Waals surface area contributed by atoms with Gasteiger partial charge in [-0.2, -0.15) is 0 Å². The Bertz CT molecular complexity index is 541. The van der Waals surface area contributed by atoms with Crippen LogP contribution in [0.3, 0.4) is 0 Å².